The molecule has 0 aliphatic carbocycles. The van der Waals surface area contributed by atoms with Gasteiger partial charge in [-0.2, -0.15) is 0 Å². The molecule has 1 rings (SSSR count). The van der Waals surface area contributed by atoms with Crippen molar-refractivity contribution in [3.05, 3.63) is 0 Å². The van der Waals surface area contributed by atoms with Gasteiger partial charge in [-0.25, -0.2) is 0 Å². The molecule has 1 nitrogen and oxygen atoms in total. The first-order chi connectivity index (χ1) is 11.8. The van der Waals surface area contributed by atoms with Crippen molar-refractivity contribution in [3.63, 3.8) is 0 Å². The van der Waals surface area contributed by atoms with Crippen LogP contribution in [-0.2, 0) is 0 Å². The molecule has 1 heterocycles. The second kappa shape index (κ2) is 15.2. The van der Waals surface area contributed by atoms with Crippen LogP contribution < -0.4 is 0 Å². The van der Waals surface area contributed by atoms with E-state index in [0.717, 1.165) is 0 Å². The molecule has 144 valence electrons. The predicted molar refractivity (Wildman–Crippen MR) is 110 cm³/mol. The number of hydrogen-bond acceptors (Lipinski definition) is 0. The maximum Gasteiger partial charge on any atom is 0.0788 e. The maximum absolute atomic E-state index is 2.32. The molecular weight excluding hydrogens is 290 g/mol. The summed E-state index contributed by atoms with van der Waals surface area (Å²) < 4.78 is 1.49. The first-order valence-corrected chi connectivity index (χ1v) is 11.7. The smallest absolute Gasteiger partial charge is 0.0788 e. The van der Waals surface area contributed by atoms with Crippen molar-refractivity contribution in [2.45, 2.75) is 123 Å². The Morgan fingerprint density at radius 3 is 1.17 bits per heavy atom. The first kappa shape index (κ1) is 22.0. The van der Waals surface area contributed by atoms with E-state index in [4.69, 9.17) is 0 Å². The van der Waals surface area contributed by atoms with Gasteiger partial charge in [0.2, 0.25) is 0 Å². The van der Waals surface area contributed by atoms with E-state index in [2.05, 4.69) is 13.8 Å². The largest absolute Gasteiger partial charge is 0.324 e. The third-order valence-electron chi connectivity index (χ3n) is 6.24. The molecular formula is C23H48N+. The number of rotatable bonds is 17. The molecule has 0 amide bonds. The monoisotopic (exact) mass is 338 g/mol. The van der Waals surface area contributed by atoms with Crippen molar-refractivity contribution in [1.29, 1.82) is 0 Å². The molecule has 1 heteroatoms. The second-order valence-corrected chi connectivity index (χ2v) is 8.54. The minimum absolute atomic E-state index is 1.37. The fourth-order valence-corrected chi connectivity index (χ4v) is 4.55. The van der Waals surface area contributed by atoms with E-state index in [1.807, 2.05) is 0 Å². The molecule has 0 aromatic carbocycles. The van der Waals surface area contributed by atoms with Gasteiger partial charge in [0.15, 0.2) is 0 Å². The molecule has 0 spiro atoms. The highest BCUT2D eigenvalue weighted by Crippen LogP contribution is 2.23. The lowest BCUT2D eigenvalue weighted by Gasteiger charge is -2.34. The van der Waals surface area contributed by atoms with E-state index >= 15 is 0 Å². The zero-order valence-corrected chi connectivity index (χ0v) is 17.3. The van der Waals surface area contributed by atoms with E-state index in [1.165, 1.54) is 140 Å². The normalized spacial score (nSPS) is 16.8. The van der Waals surface area contributed by atoms with Crippen LogP contribution in [0.5, 0.6) is 0 Å². The summed E-state index contributed by atoms with van der Waals surface area (Å²) in [5, 5.41) is 0. The van der Waals surface area contributed by atoms with Crippen LogP contribution in [0.3, 0.4) is 0 Å². The molecule has 0 atom stereocenters. The van der Waals surface area contributed by atoms with Crippen molar-refractivity contribution in [2.75, 3.05) is 26.2 Å². The van der Waals surface area contributed by atoms with Crippen molar-refractivity contribution < 1.29 is 4.48 Å². The van der Waals surface area contributed by atoms with Gasteiger partial charge in [-0.3, -0.25) is 0 Å². The highest BCUT2D eigenvalue weighted by atomic mass is 15.4. The summed E-state index contributed by atoms with van der Waals surface area (Å²) in [6, 6.07) is 0. The van der Waals surface area contributed by atoms with Gasteiger partial charge < -0.3 is 4.48 Å². The molecule has 0 N–H and O–H groups in total. The molecule has 0 aromatic heterocycles. The van der Waals surface area contributed by atoms with Crippen molar-refractivity contribution in [3.8, 4) is 0 Å². The third-order valence-corrected chi connectivity index (χ3v) is 6.24. The van der Waals surface area contributed by atoms with Crippen molar-refractivity contribution in [1.82, 2.24) is 0 Å². The Morgan fingerprint density at radius 2 is 0.792 bits per heavy atom. The molecule has 0 radical (unpaired) electrons. The number of likely N-dealkylation sites (tertiary alicyclic amines) is 1. The lowest BCUT2D eigenvalue weighted by molar-refractivity contribution is -0.917. The van der Waals surface area contributed by atoms with Crippen LogP contribution in [0.2, 0.25) is 0 Å². The van der Waals surface area contributed by atoms with E-state index < -0.39 is 0 Å². The molecule has 1 saturated heterocycles. The molecule has 0 unspecified atom stereocenters. The first-order valence-electron chi connectivity index (χ1n) is 11.7. The minimum atomic E-state index is 1.37. The van der Waals surface area contributed by atoms with Gasteiger partial charge in [-0.1, -0.05) is 84.5 Å². The van der Waals surface area contributed by atoms with Gasteiger partial charge in [-0.15, -0.1) is 0 Å². The van der Waals surface area contributed by atoms with Crippen LogP contribution >= 0.6 is 0 Å². The summed E-state index contributed by atoms with van der Waals surface area (Å²) in [6.07, 6.45) is 24.9. The Hall–Kier alpha value is -0.0400. The highest BCUT2D eigenvalue weighted by Gasteiger charge is 2.30. The Bertz CT molecular complexity index is 255. The number of nitrogens with zero attached hydrogens (tertiary/aromatic N) is 1. The fraction of sp³-hybridized carbons (Fsp3) is 1.00. The van der Waals surface area contributed by atoms with Gasteiger partial charge in [0.05, 0.1) is 26.2 Å². The van der Waals surface area contributed by atoms with E-state index in [1.54, 1.807) is 0 Å². The Labute approximate surface area is 154 Å². The Kier molecular flexibility index (Phi) is 14.0. The quantitative estimate of drug-likeness (QED) is 0.190. The van der Waals surface area contributed by atoms with E-state index in [9.17, 15) is 0 Å². The topological polar surface area (TPSA) is 0 Å². The summed E-state index contributed by atoms with van der Waals surface area (Å²) >= 11 is 0. The second-order valence-electron chi connectivity index (χ2n) is 8.54. The maximum atomic E-state index is 2.32. The molecule has 1 aliphatic rings. The lowest BCUT2D eigenvalue weighted by Crippen LogP contribution is -2.46. The molecule has 1 aliphatic heterocycles. The minimum Gasteiger partial charge on any atom is -0.324 e. The van der Waals surface area contributed by atoms with Crippen LogP contribution in [0, 0.1) is 0 Å². The van der Waals surface area contributed by atoms with Crippen LogP contribution in [0.15, 0.2) is 0 Å². The van der Waals surface area contributed by atoms with Crippen LogP contribution in [0.1, 0.15) is 123 Å². The van der Waals surface area contributed by atoms with Gasteiger partial charge in [-0.05, 0) is 25.7 Å². The van der Waals surface area contributed by atoms with Crippen LogP contribution in [-0.4, -0.2) is 30.7 Å². The summed E-state index contributed by atoms with van der Waals surface area (Å²) in [4.78, 5) is 0. The molecule has 0 bridgehead atoms. The van der Waals surface area contributed by atoms with Gasteiger partial charge >= 0.3 is 0 Å². The highest BCUT2D eigenvalue weighted by molar-refractivity contribution is 4.57. The molecule has 1 fully saturated rings. The molecule has 24 heavy (non-hydrogen) atoms. The Balaban J connectivity index is 2.01. The predicted octanol–water partition coefficient (Wildman–Crippen LogP) is 7.49. The molecule has 0 aromatic rings. The SMILES string of the molecule is CCCCCCCCCCC[N+]1(CCCCCCCC)CCCC1. The number of unbranched alkanes of at least 4 members (excludes halogenated alkanes) is 13. The third kappa shape index (κ3) is 10.7. The fourth-order valence-electron chi connectivity index (χ4n) is 4.55. The number of hydrogen-bond donors (Lipinski definition) is 0. The van der Waals surface area contributed by atoms with Crippen LogP contribution in [0.25, 0.3) is 0 Å². The van der Waals surface area contributed by atoms with E-state index in [-0.39, 0.29) is 0 Å². The standard InChI is InChI=1S/C23H48N/c1-3-5-7-9-11-12-13-15-17-21-24(22-18-19-23-24)20-16-14-10-8-6-4-2/h3-23H2,1-2H3/q+1. The lowest BCUT2D eigenvalue weighted by atomic mass is 10.1. The van der Waals surface area contributed by atoms with Crippen LogP contribution in [0.4, 0.5) is 0 Å². The summed E-state index contributed by atoms with van der Waals surface area (Å²) in [6.45, 7) is 10.6. The van der Waals surface area contributed by atoms with E-state index in [0.29, 0.717) is 0 Å². The van der Waals surface area contributed by atoms with Gasteiger partial charge in [0.1, 0.15) is 0 Å². The summed E-state index contributed by atoms with van der Waals surface area (Å²) in [5.74, 6) is 0. The average Bonchev–Trinajstić information content (AvgIpc) is 3.06. The van der Waals surface area contributed by atoms with Gasteiger partial charge in [0, 0.05) is 12.8 Å². The zero-order valence-electron chi connectivity index (χ0n) is 17.3. The Morgan fingerprint density at radius 1 is 0.458 bits per heavy atom. The van der Waals surface area contributed by atoms with Crippen molar-refractivity contribution >= 4 is 0 Å². The summed E-state index contributed by atoms with van der Waals surface area (Å²) in [5.41, 5.74) is 0. The summed E-state index contributed by atoms with van der Waals surface area (Å²) in [7, 11) is 0. The average molecular weight is 339 g/mol. The number of quaternary nitrogens is 1. The van der Waals surface area contributed by atoms with Gasteiger partial charge in [0.25, 0.3) is 0 Å². The molecule has 0 saturated carbocycles. The zero-order chi connectivity index (χ0) is 17.3. The van der Waals surface area contributed by atoms with Crippen molar-refractivity contribution in [2.24, 2.45) is 0 Å².